The molecule has 0 aliphatic heterocycles. The first-order valence-electron chi connectivity index (χ1n) is 11.9. The van der Waals surface area contributed by atoms with Crippen LogP contribution in [0.25, 0.3) is 4.85 Å². The Morgan fingerprint density at radius 3 is 2.19 bits per heavy atom. The summed E-state index contributed by atoms with van der Waals surface area (Å²) in [7, 11) is -1.40. The van der Waals surface area contributed by atoms with Crippen molar-refractivity contribution in [2.75, 3.05) is 12.4 Å². The normalized spacial score (nSPS) is 15.4. The maximum Gasteiger partial charge on any atom is 0.231 e. The Morgan fingerprint density at radius 1 is 1.16 bits per heavy atom. The molecular formula is C23H41N2O2PS3. The van der Waals surface area contributed by atoms with Gasteiger partial charge in [0.15, 0.2) is 5.52 Å². The lowest BCUT2D eigenvalue weighted by molar-refractivity contribution is -0.117. The lowest BCUT2D eigenvalue weighted by Crippen LogP contribution is -2.34. The highest BCUT2D eigenvalue weighted by Crippen LogP contribution is 2.33. The van der Waals surface area contributed by atoms with Gasteiger partial charge < -0.3 is 10.6 Å². The van der Waals surface area contributed by atoms with Gasteiger partial charge in [0.05, 0.1) is 6.53 Å². The summed E-state index contributed by atoms with van der Waals surface area (Å²) in [5.74, 6) is 0.461. The second kappa shape index (κ2) is 19.3. The van der Waals surface area contributed by atoms with Crippen molar-refractivity contribution in [3.8, 4) is 0 Å². The fraction of sp³-hybridized carbons (Fsp3) is 0.826. The largest absolute Gasteiger partial charge is 0.369 e. The number of carbonyl (C=O) groups is 2. The number of thioether (sulfide) groups is 2. The zero-order valence-electron chi connectivity index (χ0n) is 20.5. The average Bonchev–Trinajstić information content (AvgIpc) is 2.75. The molecule has 0 fully saturated rings. The molecule has 0 radical (unpaired) electrons. The van der Waals surface area contributed by atoms with Gasteiger partial charge in [-0.25, -0.2) is 6.57 Å². The summed E-state index contributed by atoms with van der Waals surface area (Å²) < 4.78 is 8.24. The molecule has 0 aliphatic carbocycles. The topological polar surface area (TPSA) is 64.5 Å². The molecule has 0 aromatic rings. The van der Waals surface area contributed by atoms with Gasteiger partial charge in [-0.05, 0) is 18.8 Å². The van der Waals surface area contributed by atoms with Crippen molar-refractivity contribution >= 4 is 59.2 Å². The van der Waals surface area contributed by atoms with E-state index in [1.54, 1.807) is 25.4 Å². The van der Waals surface area contributed by atoms with Crippen LogP contribution in [0.15, 0.2) is 0 Å². The SMILES string of the molecule is [3H]P(C)C(=O)CCC(C)(CC(SC(=S)SCCCCCCCCCCCC)C(N)=O)[N+]#[C-]. The Kier molecular flexibility index (Phi) is 18.0. The van der Waals surface area contributed by atoms with E-state index in [-0.39, 0.29) is 18.4 Å². The van der Waals surface area contributed by atoms with E-state index in [0.717, 1.165) is 12.2 Å². The predicted octanol–water partition coefficient (Wildman–Crippen LogP) is 7.20. The van der Waals surface area contributed by atoms with Crippen LogP contribution in [-0.4, -0.2) is 39.4 Å². The first-order chi connectivity index (χ1) is 15.1. The Hall–Kier alpha value is -0.150. The summed E-state index contributed by atoms with van der Waals surface area (Å²) in [6.07, 6.45) is 13.7. The molecule has 4 nitrogen and oxygen atoms in total. The molecule has 3 unspecified atom stereocenters. The number of unbranched alkanes of at least 4 members (excludes halogenated alkanes) is 9. The number of carbonyl (C=O) groups excluding carboxylic acids is 2. The van der Waals surface area contributed by atoms with Gasteiger partial charge in [0.2, 0.25) is 11.4 Å². The molecule has 1 amide bonds. The Balaban J connectivity index is 4.20. The van der Waals surface area contributed by atoms with E-state index in [9.17, 15) is 9.59 Å². The predicted molar refractivity (Wildman–Crippen MR) is 146 cm³/mol. The average molecular weight is 507 g/mol. The van der Waals surface area contributed by atoms with E-state index >= 15 is 0 Å². The van der Waals surface area contributed by atoms with Gasteiger partial charge in [0.25, 0.3) is 0 Å². The van der Waals surface area contributed by atoms with E-state index in [1.165, 1.54) is 69.5 Å². The summed E-state index contributed by atoms with van der Waals surface area (Å²) in [5, 5.41) is -0.573. The van der Waals surface area contributed by atoms with Crippen LogP contribution in [0, 0.1) is 6.57 Å². The molecule has 0 aromatic heterocycles. The molecule has 3 atom stereocenters. The van der Waals surface area contributed by atoms with Gasteiger partial charge in [-0.2, -0.15) is 0 Å². The van der Waals surface area contributed by atoms with Gasteiger partial charge in [0.1, 0.15) is 3.53 Å². The van der Waals surface area contributed by atoms with E-state index in [1.807, 2.05) is 0 Å². The summed E-state index contributed by atoms with van der Waals surface area (Å²) in [6.45, 7) is 13.1. The monoisotopic (exact) mass is 506 g/mol. The van der Waals surface area contributed by atoms with Gasteiger partial charge in [0, 0.05) is 26.2 Å². The third-order valence-corrected chi connectivity index (χ3v) is 8.91. The smallest absolute Gasteiger partial charge is 0.231 e. The van der Waals surface area contributed by atoms with Crippen molar-refractivity contribution in [3.05, 3.63) is 11.4 Å². The Labute approximate surface area is 207 Å². The first-order valence-corrected chi connectivity index (χ1v) is 15.0. The lowest BCUT2D eigenvalue weighted by atomic mass is 9.91. The van der Waals surface area contributed by atoms with Crippen molar-refractivity contribution in [1.82, 2.24) is 0 Å². The highest BCUT2D eigenvalue weighted by molar-refractivity contribution is 8.47. The van der Waals surface area contributed by atoms with E-state index in [0.29, 0.717) is 9.95 Å². The zero-order chi connectivity index (χ0) is 24.4. The van der Waals surface area contributed by atoms with Gasteiger partial charge in [-0.3, -0.25) is 9.59 Å². The maximum atomic E-state index is 12.0. The molecule has 8 heteroatoms. The van der Waals surface area contributed by atoms with Crippen molar-refractivity contribution in [3.63, 3.8) is 0 Å². The fourth-order valence-corrected chi connectivity index (χ4v) is 6.30. The first kappa shape index (κ1) is 28.9. The molecule has 0 aromatic carbocycles. The zero-order valence-corrected chi connectivity index (χ0v) is 22.8. The van der Waals surface area contributed by atoms with E-state index in [4.69, 9.17) is 25.8 Å². The number of amides is 1. The maximum absolute atomic E-state index is 12.0. The van der Waals surface area contributed by atoms with Gasteiger partial charge >= 0.3 is 0 Å². The van der Waals surface area contributed by atoms with Crippen molar-refractivity contribution < 1.29 is 9.59 Å². The number of nitrogens with two attached hydrogens (primary N) is 1. The molecular weight excluding hydrogens is 463 g/mol. The van der Waals surface area contributed by atoms with Gasteiger partial charge in [-0.1, -0.05) is 97.2 Å². The summed E-state index contributed by atoms with van der Waals surface area (Å²) in [5.41, 5.74) is 4.61. The quantitative estimate of drug-likeness (QED) is 0.0869. The van der Waals surface area contributed by atoms with Crippen LogP contribution >= 0.6 is 44.3 Å². The standard InChI is InChI=1S/C23H41N2O2PS3/c1-5-6-7-8-9-10-11-12-13-14-17-30-22(29)31-19(21(24)27)18-23(2,25-3)16-15-20(26)28-4/h19,28H,5-18H2,1-2,4H3,(H2,24,27)/i28T. The van der Waals surface area contributed by atoms with Crippen LogP contribution < -0.4 is 5.73 Å². The molecule has 0 bridgehead atoms. The number of hydrogen-bond donors (Lipinski definition) is 1. The highest BCUT2D eigenvalue weighted by atomic mass is 32.2. The third kappa shape index (κ3) is 17.0. The van der Waals surface area contributed by atoms with Crippen LogP contribution in [0.5, 0.6) is 0 Å². The van der Waals surface area contributed by atoms with Crippen LogP contribution in [0.1, 0.15) is 97.3 Å². The highest BCUT2D eigenvalue weighted by Gasteiger charge is 2.37. The molecule has 178 valence electrons. The lowest BCUT2D eigenvalue weighted by Gasteiger charge is -2.21. The van der Waals surface area contributed by atoms with Crippen LogP contribution in [-0.2, 0) is 9.59 Å². The molecule has 0 spiro atoms. The second-order valence-electron chi connectivity index (χ2n) is 8.22. The van der Waals surface area contributed by atoms with Crippen LogP contribution in [0.4, 0.5) is 0 Å². The number of nitrogens with zero attached hydrogens (tertiary/aromatic N) is 1. The summed E-state index contributed by atoms with van der Waals surface area (Å²) >= 11 is 8.31. The van der Waals surface area contributed by atoms with Gasteiger partial charge in [-0.15, -0.1) is 11.8 Å². The third-order valence-electron chi connectivity index (χ3n) is 5.30. The van der Waals surface area contributed by atoms with Crippen molar-refractivity contribution in [2.24, 2.45) is 5.73 Å². The molecule has 0 aliphatic rings. The van der Waals surface area contributed by atoms with E-state index in [2.05, 4.69) is 11.8 Å². The minimum absolute atomic E-state index is 0.124. The van der Waals surface area contributed by atoms with E-state index < -0.39 is 25.2 Å². The summed E-state index contributed by atoms with van der Waals surface area (Å²) in [4.78, 5) is 27.5. The second-order valence-corrected chi connectivity index (χ2v) is 12.7. The number of rotatable bonds is 19. The molecule has 0 saturated carbocycles. The number of hydrogen-bond acceptors (Lipinski definition) is 5. The molecule has 0 heterocycles. The van der Waals surface area contributed by atoms with Crippen molar-refractivity contribution in [1.29, 1.82) is 1.28 Å². The van der Waals surface area contributed by atoms with Crippen LogP contribution in [0.2, 0.25) is 0 Å². The molecule has 0 saturated heterocycles. The Morgan fingerprint density at radius 2 is 1.71 bits per heavy atom. The molecule has 31 heavy (non-hydrogen) atoms. The minimum atomic E-state index is -1.40. The van der Waals surface area contributed by atoms with Crippen LogP contribution in [0.3, 0.4) is 0 Å². The summed E-state index contributed by atoms with van der Waals surface area (Å²) in [6, 6.07) is 0. The fourth-order valence-electron chi connectivity index (χ4n) is 3.19. The minimum Gasteiger partial charge on any atom is -0.369 e. The Bertz CT molecular complexity index is 617. The number of primary amides is 1. The molecule has 2 N–H and O–H groups in total. The molecule has 0 rings (SSSR count). The number of thiocarbonyl (C=S) groups is 1. The van der Waals surface area contributed by atoms with Crippen molar-refractivity contribution in [2.45, 2.75) is 108 Å².